The lowest BCUT2D eigenvalue weighted by Gasteiger charge is -2.46. The second-order valence-electron chi connectivity index (χ2n) is 4.03. The Hall–Kier alpha value is -1.35. The van der Waals surface area contributed by atoms with Crippen molar-refractivity contribution in [2.45, 2.75) is 12.5 Å². The van der Waals surface area contributed by atoms with Gasteiger partial charge in [-0.05, 0) is 19.1 Å². The summed E-state index contributed by atoms with van der Waals surface area (Å²) in [5, 5.41) is 9.58. The van der Waals surface area contributed by atoms with E-state index in [1.807, 2.05) is 23.1 Å². The Kier molecular flexibility index (Phi) is 2.04. The molecule has 1 N–H and O–H groups in total. The van der Waals surface area contributed by atoms with Gasteiger partial charge in [0.1, 0.15) is 0 Å². The summed E-state index contributed by atoms with van der Waals surface area (Å²) < 4.78 is 0. The van der Waals surface area contributed by atoms with E-state index in [4.69, 9.17) is 0 Å². The Morgan fingerprint density at radius 3 is 2.64 bits per heavy atom. The molecule has 0 unspecified atom stereocenters. The van der Waals surface area contributed by atoms with E-state index in [0.29, 0.717) is 18.7 Å². The molecule has 1 fully saturated rings. The molecular formula is C11H13NO2. The molecule has 1 saturated heterocycles. The number of β-amino-alcohol motifs (C(OH)–C–C–N with tert-alkyl or cyclic N) is 1. The molecule has 14 heavy (non-hydrogen) atoms. The largest absolute Gasteiger partial charge is 0.386 e. The molecule has 2 rings (SSSR count). The third kappa shape index (κ3) is 1.51. The predicted octanol–water partition coefficient (Wildman–Crippen LogP) is 1.07. The maximum atomic E-state index is 10.7. The molecule has 1 aromatic carbocycles. The van der Waals surface area contributed by atoms with Gasteiger partial charge in [-0.1, -0.05) is 12.1 Å². The van der Waals surface area contributed by atoms with Gasteiger partial charge in [-0.25, -0.2) is 0 Å². The molecule has 0 aliphatic carbocycles. The number of nitrogens with zero attached hydrogens (tertiary/aromatic N) is 1. The van der Waals surface area contributed by atoms with Gasteiger partial charge in [0, 0.05) is 24.3 Å². The Morgan fingerprint density at radius 1 is 1.43 bits per heavy atom. The summed E-state index contributed by atoms with van der Waals surface area (Å²) in [5.41, 5.74) is 0.993. The lowest BCUT2D eigenvalue weighted by atomic mass is 9.95. The van der Waals surface area contributed by atoms with Gasteiger partial charge in [0.15, 0.2) is 6.29 Å². The highest BCUT2D eigenvalue weighted by atomic mass is 16.3. The van der Waals surface area contributed by atoms with Crippen LogP contribution in [0.25, 0.3) is 0 Å². The fourth-order valence-electron chi connectivity index (χ4n) is 1.82. The van der Waals surface area contributed by atoms with Crippen LogP contribution in [0.5, 0.6) is 0 Å². The summed E-state index contributed by atoms with van der Waals surface area (Å²) in [6, 6.07) is 7.43. The van der Waals surface area contributed by atoms with E-state index in [1.54, 1.807) is 13.0 Å². The van der Waals surface area contributed by atoms with Crippen LogP contribution in [0.3, 0.4) is 0 Å². The third-order valence-corrected chi connectivity index (χ3v) is 2.47. The molecule has 0 saturated carbocycles. The van der Waals surface area contributed by atoms with Gasteiger partial charge in [0.2, 0.25) is 0 Å². The summed E-state index contributed by atoms with van der Waals surface area (Å²) in [6.45, 7) is 2.99. The van der Waals surface area contributed by atoms with Crippen LogP contribution in [0, 0.1) is 0 Å². The van der Waals surface area contributed by atoms with Gasteiger partial charge in [-0.15, -0.1) is 0 Å². The third-order valence-electron chi connectivity index (χ3n) is 2.47. The summed E-state index contributed by atoms with van der Waals surface area (Å²) in [7, 11) is 0. The maximum absolute atomic E-state index is 10.7. The number of rotatable bonds is 2. The van der Waals surface area contributed by atoms with Crippen molar-refractivity contribution < 1.29 is 9.90 Å². The molecule has 1 heterocycles. The number of para-hydroxylation sites is 1. The molecule has 1 aromatic rings. The van der Waals surface area contributed by atoms with E-state index in [9.17, 15) is 9.90 Å². The molecule has 1 aliphatic heterocycles. The van der Waals surface area contributed by atoms with Gasteiger partial charge in [0.25, 0.3) is 0 Å². The molecule has 3 heteroatoms. The Morgan fingerprint density at radius 2 is 2.07 bits per heavy atom. The number of aliphatic hydroxyl groups is 1. The smallest absolute Gasteiger partial charge is 0.152 e. The average Bonchev–Trinajstić information content (AvgIpc) is 2.14. The highest BCUT2D eigenvalue weighted by Crippen LogP contribution is 2.29. The average molecular weight is 191 g/mol. The molecule has 0 radical (unpaired) electrons. The molecule has 0 aromatic heterocycles. The van der Waals surface area contributed by atoms with E-state index in [0.717, 1.165) is 12.0 Å². The van der Waals surface area contributed by atoms with E-state index < -0.39 is 5.60 Å². The summed E-state index contributed by atoms with van der Waals surface area (Å²) in [5.74, 6) is 0. The molecule has 1 aliphatic rings. The van der Waals surface area contributed by atoms with E-state index in [-0.39, 0.29) is 0 Å². The van der Waals surface area contributed by atoms with Crippen molar-refractivity contribution in [2.24, 2.45) is 0 Å². The number of benzene rings is 1. The van der Waals surface area contributed by atoms with Gasteiger partial charge in [-0.3, -0.25) is 4.79 Å². The van der Waals surface area contributed by atoms with E-state index in [1.165, 1.54) is 0 Å². The lowest BCUT2D eigenvalue weighted by Crippen LogP contribution is -2.60. The lowest BCUT2D eigenvalue weighted by molar-refractivity contribution is 0.0309. The zero-order valence-electron chi connectivity index (χ0n) is 8.10. The van der Waals surface area contributed by atoms with E-state index >= 15 is 0 Å². The maximum Gasteiger partial charge on any atom is 0.152 e. The van der Waals surface area contributed by atoms with Crippen LogP contribution in [-0.4, -0.2) is 30.1 Å². The zero-order chi connectivity index (χ0) is 10.2. The zero-order valence-corrected chi connectivity index (χ0v) is 8.10. The Labute approximate surface area is 83.0 Å². The highest BCUT2D eigenvalue weighted by Gasteiger charge is 2.37. The van der Waals surface area contributed by atoms with Crippen LogP contribution in [-0.2, 0) is 0 Å². The van der Waals surface area contributed by atoms with Crippen molar-refractivity contribution in [3.63, 3.8) is 0 Å². The highest BCUT2D eigenvalue weighted by molar-refractivity contribution is 5.85. The predicted molar refractivity (Wildman–Crippen MR) is 54.7 cm³/mol. The van der Waals surface area contributed by atoms with Crippen molar-refractivity contribution in [1.29, 1.82) is 0 Å². The van der Waals surface area contributed by atoms with E-state index in [2.05, 4.69) is 0 Å². The number of hydrogen-bond donors (Lipinski definition) is 1. The monoisotopic (exact) mass is 191 g/mol. The van der Waals surface area contributed by atoms with Crippen LogP contribution in [0.2, 0.25) is 0 Å². The number of hydrogen-bond acceptors (Lipinski definition) is 3. The first kappa shape index (κ1) is 9.21. The van der Waals surface area contributed by atoms with Crippen LogP contribution in [0.15, 0.2) is 24.3 Å². The first-order valence-corrected chi connectivity index (χ1v) is 4.64. The van der Waals surface area contributed by atoms with Crippen LogP contribution in [0.4, 0.5) is 5.69 Å². The number of aldehydes is 1. The van der Waals surface area contributed by atoms with Gasteiger partial charge >= 0.3 is 0 Å². The number of carbonyl (C=O) groups is 1. The van der Waals surface area contributed by atoms with Crippen molar-refractivity contribution in [3.05, 3.63) is 29.8 Å². The molecule has 3 nitrogen and oxygen atoms in total. The first-order chi connectivity index (χ1) is 6.62. The summed E-state index contributed by atoms with van der Waals surface area (Å²) in [6.07, 6.45) is 0.850. The van der Waals surface area contributed by atoms with Crippen LogP contribution < -0.4 is 4.90 Å². The van der Waals surface area contributed by atoms with Crippen molar-refractivity contribution >= 4 is 12.0 Å². The van der Waals surface area contributed by atoms with Crippen molar-refractivity contribution in [3.8, 4) is 0 Å². The molecule has 0 amide bonds. The van der Waals surface area contributed by atoms with Gasteiger partial charge in [0.05, 0.1) is 5.60 Å². The topological polar surface area (TPSA) is 40.5 Å². The normalized spacial score (nSPS) is 18.9. The summed E-state index contributed by atoms with van der Waals surface area (Å²) >= 11 is 0. The molecular weight excluding hydrogens is 178 g/mol. The van der Waals surface area contributed by atoms with Gasteiger partial charge in [-0.2, -0.15) is 0 Å². The second kappa shape index (κ2) is 3.10. The number of anilines is 1. The van der Waals surface area contributed by atoms with Crippen molar-refractivity contribution in [1.82, 2.24) is 0 Å². The molecule has 0 atom stereocenters. The van der Waals surface area contributed by atoms with Crippen molar-refractivity contribution in [2.75, 3.05) is 18.0 Å². The SMILES string of the molecule is CC1(O)CN(c2ccccc2C=O)C1. The fraction of sp³-hybridized carbons (Fsp3) is 0.364. The quantitative estimate of drug-likeness (QED) is 0.711. The Balaban J connectivity index is 2.22. The van der Waals surface area contributed by atoms with Gasteiger partial charge < -0.3 is 10.0 Å². The van der Waals surface area contributed by atoms with Crippen LogP contribution >= 0.6 is 0 Å². The fourth-order valence-corrected chi connectivity index (χ4v) is 1.82. The minimum absolute atomic E-state index is 0.595. The van der Waals surface area contributed by atoms with Crippen LogP contribution in [0.1, 0.15) is 17.3 Å². The standard InChI is InChI=1S/C11H13NO2/c1-11(14)7-12(8-11)10-5-3-2-4-9(10)6-13/h2-6,14H,7-8H2,1H3. The first-order valence-electron chi connectivity index (χ1n) is 4.64. The Bertz CT molecular complexity index is 352. The molecule has 0 spiro atoms. The number of carbonyl (C=O) groups excluding carboxylic acids is 1. The minimum atomic E-state index is -0.601. The molecule has 0 bridgehead atoms. The summed E-state index contributed by atoms with van der Waals surface area (Å²) in [4.78, 5) is 12.7. The molecule has 74 valence electrons. The second-order valence-corrected chi connectivity index (χ2v) is 4.03. The minimum Gasteiger partial charge on any atom is -0.386 e.